The van der Waals surface area contributed by atoms with Crippen LogP contribution in [-0.2, 0) is 0 Å². The largest absolute Gasteiger partial charge is 0.410 e. The monoisotopic (exact) mass is 231 g/mol. The number of amides is 1. The number of halogens is 1. The normalized spacial score (nSPS) is 9.94. The van der Waals surface area contributed by atoms with Crippen LogP contribution in [0.3, 0.4) is 0 Å². The molecule has 0 radical (unpaired) electrons. The summed E-state index contributed by atoms with van der Waals surface area (Å²) in [5, 5.41) is 0. The molecular weight excluding hydrogens is 221 g/mol. The van der Waals surface area contributed by atoms with Crippen LogP contribution in [0.25, 0.3) is 11.1 Å². The molecule has 0 aliphatic heterocycles. The van der Waals surface area contributed by atoms with Crippen LogP contribution in [-0.4, -0.2) is 6.09 Å². The Kier molecular flexibility index (Phi) is 3.05. The number of carbonyl (C=O) groups excluding carboxylic acids is 1. The summed E-state index contributed by atoms with van der Waals surface area (Å²) in [6.45, 7) is 0. The van der Waals surface area contributed by atoms with Gasteiger partial charge in [0, 0.05) is 11.6 Å². The second kappa shape index (κ2) is 4.65. The minimum atomic E-state index is -0.961. The molecule has 0 fully saturated rings. The molecule has 0 aromatic heterocycles. The molecule has 2 rings (SSSR count). The molecule has 0 heterocycles. The summed E-state index contributed by atoms with van der Waals surface area (Å²) in [5.74, 6) is -0.371. The highest BCUT2D eigenvalue weighted by molar-refractivity contribution is 5.69. The quantitative estimate of drug-likeness (QED) is 0.863. The average Bonchev–Trinajstić information content (AvgIpc) is 2.29. The molecular formula is C13H10FNO2. The Labute approximate surface area is 97.6 Å². The van der Waals surface area contributed by atoms with Crippen LogP contribution >= 0.6 is 0 Å². The van der Waals surface area contributed by atoms with Crippen molar-refractivity contribution in [3.8, 4) is 16.9 Å². The Morgan fingerprint density at radius 2 is 1.82 bits per heavy atom. The number of rotatable bonds is 2. The molecule has 0 unspecified atom stereocenters. The van der Waals surface area contributed by atoms with Gasteiger partial charge in [-0.3, -0.25) is 0 Å². The van der Waals surface area contributed by atoms with E-state index in [1.807, 2.05) is 18.2 Å². The highest BCUT2D eigenvalue weighted by Crippen LogP contribution is 2.25. The Balaban J connectivity index is 2.35. The molecule has 0 aliphatic carbocycles. The minimum Gasteiger partial charge on any atom is -0.410 e. The van der Waals surface area contributed by atoms with Gasteiger partial charge in [0.25, 0.3) is 0 Å². The Morgan fingerprint density at radius 1 is 1.12 bits per heavy atom. The van der Waals surface area contributed by atoms with Gasteiger partial charge in [-0.2, -0.15) is 0 Å². The van der Waals surface area contributed by atoms with Crippen LogP contribution in [0.4, 0.5) is 9.18 Å². The summed E-state index contributed by atoms with van der Waals surface area (Å²) in [6.07, 6.45) is -0.961. The summed E-state index contributed by atoms with van der Waals surface area (Å²) in [4.78, 5) is 10.5. The summed E-state index contributed by atoms with van der Waals surface area (Å²) >= 11 is 0. The number of carbonyl (C=O) groups is 1. The first-order chi connectivity index (χ1) is 8.16. The van der Waals surface area contributed by atoms with Gasteiger partial charge in [0.2, 0.25) is 0 Å². The molecule has 2 aromatic carbocycles. The molecule has 0 saturated carbocycles. The molecule has 2 N–H and O–H groups in total. The van der Waals surface area contributed by atoms with Gasteiger partial charge in [-0.05, 0) is 17.7 Å². The van der Waals surface area contributed by atoms with Crippen molar-refractivity contribution in [2.75, 3.05) is 0 Å². The van der Waals surface area contributed by atoms with Crippen molar-refractivity contribution < 1.29 is 13.9 Å². The summed E-state index contributed by atoms with van der Waals surface area (Å²) in [7, 11) is 0. The van der Waals surface area contributed by atoms with E-state index in [1.54, 1.807) is 18.2 Å². The first-order valence-electron chi connectivity index (χ1n) is 4.99. The van der Waals surface area contributed by atoms with Gasteiger partial charge in [-0.15, -0.1) is 0 Å². The predicted octanol–water partition coefficient (Wildman–Crippen LogP) is 2.95. The standard InChI is InChI=1S/C13H10FNO2/c14-12-8-10(17-13(15)16)6-7-11(12)9-4-2-1-3-5-9/h1-8H,(H2,15,16). The highest BCUT2D eigenvalue weighted by Gasteiger charge is 2.07. The molecule has 0 bridgehead atoms. The zero-order valence-corrected chi connectivity index (χ0v) is 8.89. The lowest BCUT2D eigenvalue weighted by atomic mass is 10.1. The maximum atomic E-state index is 13.8. The van der Waals surface area contributed by atoms with Gasteiger partial charge in [0.05, 0.1) is 0 Å². The first-order valence-corrected chi connectivity index (χ1v) is 4.99. The molecule has 17 heavy (non-hydrogen) atoms. The third-order valence-electron chi connectivity index (χ3n) is 2.24. The van der Waals surface area contributed by atoms with Crippen LogP contribution in [0.15, 0.2) is 48.5 Å². The van der Waals surface area contributed by atoms with Gasteiger partial charge in [-0.25, -0.2) is 9.18 Å². The van der Waals surface area contributed by atoms with Crippen LogP contribution in [0.5, 0.6) is 5.75 Å². The molecule has 3 nitrogen and oxygen atoms in total. The fourth-order valence-electron chi connectivity index (χ4n) is 1.53. The SMILES string of the molecule is NC(=O)Oc1ccc(-c2ccccc2)c(F)c1. The van der Waals surface area contributed by atoms with E-state index in [9.17, 15) is 9.18 Å². The Bertz CT molecular complexity index is 540. The molecule has 0 atom stereocenters. The fourth-order valence-corrected chi connectivity index (χ4v) is 1.53. The molecule has 2 aromatic rings. The Hall–Kier alpha value is -2.36. The van der Waals surface area contributed by atoms with Gasteiger partial charge < -0.3 is 10.5 Å². The molecule has 0 saturated heterocycles. The fraction of sp³-hybridized carbons (Fsp3) is 0. The van der Waals surface area contributed by atoms with E-state index in [1.165, 1.54) is 6.07 Å². The number of nitrogens with two attached hydrogens (primary N) is 1. The van der Waals surface area contributed by atoms with E-state index >= 15 is 0 Å². The van der Waals surface area contributed by atoms with Crippen molar-refractivity contribution in [3.63, 3.8) is 0 Å². The predicted molar refractivity (Wildman–Crippen MR) is 62.0 cm³/mol. The summed E-state index contributed by atoms with van der Waals surface area (Å²) < 4.78 is 18.3. The van der Waals surface area contributed by atoms with E-state index in [2.05, 4.69) is 4.74 Å². The van der Waals surface area contributed by atoms with E-state index in [-0.39, 0.29) is 5.75 Å². The van der Waals surface area contributed by atoms with E-state index in [0.29, 0.717) is 5.56 Å². The second-order valence-electron chi connectivity index (χ2n) is 3.43. The molecule has 0 spiro atoms. The molecule has 86 valence electrons. The van der Waals surface area contributed by atoms with Crippen LogP contribution < -0.4 is 10.5 Å². The number of hydrogen-bond donors (Lipinski definition) is 1. The number of ether oxygens (including phenoxy) is 1. The van der Waals surface area contributed by atoms with E-state index < -0.39 is 11.9 Å². The number of hydrogen-bond acceptors (Lipinski definition) is 2. The highest BCUT2D eigenvalue weighted by atomic mass is 19.1. The summed E-state index contributed by atoms with van der Waals surface area (Å²) in [5.41, 5.74) is 6.05. The van der Waals surface area contributed by atoms with Crippen LogP contribution in [0, 0.1) is 5.82 Å². The van der Waals surface area contributed by atoms with Crippen molar-refractivity contribution in [2.24, 2.45) is 5.73 Å². The lowest BCUT2D eigenvalue weighted by Crippen LogP contribution is -2.16. The van der Waals surface area contributed by atoms with Crippen molar-refractivity contribution >= 4 is 6.09 Å². The minimum absolute atomic E-state index is 0.0923. The van der Waals surface area contributed by atoms with E-state index in [0.717, 1.165) is 11.6 Å². The third kappa shape index (κ3) is 2.60. The molecule has 4 heteroatoms. The topological polar surface area (TPSA) is 52.3 Å². The Morgan fingerprint density at radius 3 is 2.41 bits per heavy atom. The second-order valence-corrected chi connectivity index (χ2v) is 3.43. The van der Waals surface area contributed by atoms with Crippen molar-refractivity contribution in [1.29, 1.82) is 0 Å². The van der Waals surface area contributed by atoms with E-state index in [4.69, 9.17) is 5.73 Å². The van der Waals surface area contributed by atoms with Crippen molar-refractivity contribution in [3.05, 3.63) is 54.3 Å². The lowest BCUT2D eigenvalue weighted by Gasteiger charge is -2.05. The van der Waals surface area contributed by atoms with Gasteiger partial charge in [0.1, 0.15) is 11.6 Å². The maximum absolute atomic E-state index is 13.8. The van der Waals surface area contributed by atoms with Crippen LogP contribution in [0.1, 0.15) is 0 Å². The van der Waals surface area contributed by atoms with Crippen molar-refractivity contribution in [1.82, 2.24) is 0 Å². The van der Waals surface area contributed by atoms with Gasteiger partial charge in [0.15, 0.2) is 0 Å². The third-order valence-corrected chi connectivity index (χ3v) is 2.24. The van der Waals surface area contributed by atoms with Crippen LogP contribution in [0.2, 0.25) is 0 Å². The molecule has 0 aliphatic rings. The first kappa shape index (κ1) is 11.1. The average molecular weight is 231 g/mol. The zero-order chi connectivity index (χ0) is 12.3. The van der Waals surface area contributed by atoms with Gasteiger partial charge in [-0.1, -0.05) is 30.3 Å². The smallest absolute Gasteiger partial charge is 0.409 e. The maximum Gasteiger partial charge on any atom is 0.409 e. The number of benzene rings is 2. The summed E-state index contributed by atoms with van der Waals surface area (Å²) in [6, 6.07) is 13.3. The zero-order valence-electron chi connectivity index (χ0n) is 8.89. The van der Waals surface area contributed by atoms with Crippen molar-refractivity contribution in [2.45, 2.75) is 0 Å². The van der Waals surface area contributed by atoms with Gasteiger partial charge >= 0.3 is 6.09 Å². The number of primary amides is 1. The lowest BCUT2D eigenvalue weighted by molar-refractivity contribution is 0.210. The molecule has 1 amide bonds.